The molecule has 2 aromatic carbocycles. The highest BCUT2D eigenvalue weighted by atomic mass is 19.1. The number of halogens is 3. The van der Waals surface area contributed by atoms with Crippen LogP contribution in [0.1, 0.15) is 40.2 Å². The molecule has 0 saturated heterocycles. The van der Waals surface area contributed by atoms with Crippen molar-refractivity contribution in [1.29, 1.82) is 0 Å². The molecule has 0 amide bonds. The Kier molecular flexibility index (Phi) is 3.53. The lowest BCUT2D eigenvalue weighted by molar-refractivity contribution is 0.0942. The van der Waals surface area contributed by atoms with Gasteiger partial charge in [-0.25, -0.2) is 13.2 Å². The third kappa shape index (κ3) is 2.46. The van der Waals surface area contributed by atoms with E-state index in [1.807, 2.05) is 24.3 Å². The second-order valence-corrected chi connectivity index (χ2v) is 5.25. The summed E-state index contributed by atoms with van der Waals surface area (Å²) in [4.78, 5) is 12.5. The topological polar surface area (TPSA) is 17.1 Å². The fourth-order valence-corrected chi connectivity index (χ4v) is 2.98. The van der Waals surface area contributed by atoms with Crippen LogP contribution < -0.4 is 0 Å². The van der Waals surface area contributed by atoms with Gasteiger partial charge in [-0.1, -0.05) is 24.3 Å². The first-order valence-corrected chi connectivity index (χ1v) is 6.84. The molecule has 0 bridgehead atoms. The van der Waals surface area contributed by atoms with Gasteiger partial charge >= 0.3 is 0 Å². The molecule has 1 atom stereocenters. The molecule has 3 rings (SSSR count). The number of aryl methyl sites for hydroxylation is 1. The summed E-state index contributed by atoms with van der Waals surface area (Å²) in [5.41, 5.74) is 1.21. The SMILES string of the molecule is O=C(c1c(F)cc(F)cc1F)C1CCCc2ccccc21. The average molecular weight is 290 g/mol. The minimum absolute atomic E-state index is 0.547. The van der Waals surface area contributed by atoms with Crippen molar-refractivity contribution in [2.24, 2.45) is 0 Å². The van der Waals surface area contributed by atoms with E-state index in [-0.39, 0.29) is 0 Å². The van der Waals surface area contributed by atoms with Gasteiger partial charge in [0.1, 0.15) is 17.5 Å². The van der Waals surface area contributed by atoms with E-state index in [2.05, 4.69) is 0 Å². The van der Waals surface area contributed by atoms with Crippen LogP contribution in [-0.4, -0.2) is 5.78 Å². The van der Waals surface area contributed by atoms with Gasteiger partial charge in [-0.2, -0.15) is 0 Å². The Balaban J connectivity index is 2.05. The number of hydrogen-bond donors (Lipinski definition) is 0. The Hall–Kier alpha value is -2.10. The molecule has 2 aromatic rings. The number of ketones is 1. The quantitative estimate of drug-likeness (QED) is 0.749. The lowest BCUT2D eigenvalue weighted by Crippen LogP contribution is -2.21. The van der Waals surface area contributed by atoms with E-state index in [0.29, 0.717) is 18.6 Å². The zero-order chi connectivity index (χ0) is 15.0. The van der Waals surface area contributed by atoms with E-state index in [4.69, 9.17) is 0 Å². The van der Waals surface area contributed by atoms with Gasteiger partial charge in [-0.15, -0.1) is 0 Å². The highest BCUT2D eigenvalue weighted by Crippen LogP contribution is 2.35. The molecule has 21 heavy (non-hydrogen) atoms. The van der Waals surface area contributed by atoms with Crippen LogP contribution in [-0.2, 0) is 6.42 Å². The van der Waals surface area contributed by atoms with Crippen molar-refractivity contribution < 1.29 is 18.0 Å². The maximum absolute atomic E-state index is 13.8. The lowest BCUT2D eigenvalue weighted by atomic mass is 9.79. The standard InChI is InChI=1S/C17H13F3O/c18-11-8-14(19)16(15(20)9-11)17(21)13-7-3-5-10-4-1-2-6-12(10)13/h1-2,4,6,8-9,13H,3,5,7H2. The Morgan fingerprint density at radius 2 is 1.71 bits per heavy atom. The molecular weight excluding hydrogens is 277 g/mol. The normalized spacial score (nSPS) is 17.4. The maximum atomic E-state index is 13.8. The van der Waals surface area contributed by atoms with Crippen LogP contribution in [0.25, 0.3) is 0 Å². The number of carbonyl (C=O) groups is 1. The fourth-order valence-electron chi connectivity index (χ4n) is 2.98. The first-order chi connectivity index (χ1) is 10.1. The number of fused-ring (bicyclic) bond motifs is 1. The Morgan fingerprint density at radius 3 is 2.43 bits per heavy atom. The average Bonchev–Trinajstić information content (AvgIpc) is 2.45. The molecular formula is C17H13F3O. The lowest BCUT2D eigenvalue weighted by Gasteiger charge is -2.24. The summed E-state index contributed by atoms with van der Waals surface area (Å²) in [7, 11) is 0. The first-order valence-electron chi connectivity index (χ1n) is 6.84. The molecule has 108 valence electrons. The summed E-state index contributed by atoms with van der Waals surface area (Å²) < 4.78 is 40.5. The van der Waals surface area contributed by atoms with Gasteiger partial charge in [0.05, 0.1) is 5.56 Å². The van der Waals surface area contributed by atoms with Gasteiger partial charge in [0, 0.05) is 18.1 Å². The molecule has 0 saturated carbocycles. The molecule has 0 heterocycles. The molecule has 1 aliphatic carbocycles. The highest BCUT2D eigenvalue weighted by molar-refractivity contribution is 6.01. The Morgan fingerprint density at radius 1 is 1.05 bits per heavy atom. The number of benzene rings is 2. The molecule has 0 spiro atoms. The summed E-state index contributed by atoms with van der Waals surface area (Å²) in [6.45, 7) is 0. The zero-order valence-electron chi connectivity index (χ0n) is 11.2. The van der Waals surface area contributed by atoms with Crippen LogP contribution in [0.15, 0.2) is 36.4 Å². The predicted molar refractivity (Wildman–Crippen MR) is 72.8 cm³/mol. The van der Waals surface area contributed by atoms with Gasteiger partial charge in [-0.3, -0.25) is 4.79 Å². The van der Waals surface area contributed by atoms with Gasteiger partial charge in [-0.05, 0) is 30.4 Å². The Bertz CT molecular complexity index is 686. The van der Waals surface area contributed by atoms with Crippen LogP contribution in [0.3, 0.4) is 0 Å². The van der Waals surface area contributed by atoms with Crippen LogP contribution in [0.4, 0.5) is 13.2 Å². The number of rotatable bonds is 2. The Labute approximate surface area is 120 Å². The summed E-state index contributed by atoms with van der Waals surface area (Å²) in [5, 5.41) is 0. The highest BCUT2D eigenvalue weighted by Gasteiger charge is 2.30. The number of Topliss-reactive ketones (excluding diaryl/α,β-unsaturated/α-hetero) is 1. The minimum atomic E-state index is -1.14. The van der Waals surface area contributed by atoms with Crippen molar-refractivity contribution in [1.82, 2.24) is 0 Å². The molecule has 0 fully saturated rings. The van der Waals surface area contributed by atoms with Crippen LogP contribution in [0, 0.1) is 17.5 Å². The van der Waals surface area contributed by atoms with Crippen molar-refractivity contribution in [3.8, 4) is 0 Å². The number of hydrogen-bond acceptors (Lipinski definition) is 1. The predicted octanol–water partition coefficient (Wildman–Crippen LogP) is 4.41. The van der Waals surface area contributed by atoms with Crippen LogP contribution in [0.5, 0.6) is 0 Å². The summed E-state index contributed by atoms with van der Waals surface area (Å²) in [6, 6.07) is 8.52. The molecule has 1 nitrogen and oxygen atoms in total. The molecule has 1 aliphatic rings. The second-order valence-electron chi connectivity index (χ2n) is 5.25. The van der Waals surface area contributed by atoms with Crippen molar-refractivity contribution in [2.45, 2.75) is 25.2 Å². The molecule has 0 radical (unpaired) electrons. The molecule has 1 unspecified atom stereocenters. The van der Waals surface area contributed by atoms with E-state index in [1.54, 1.807) is 0 Å². The van der Waals surface area contributed by atoms with Crippen LogP contribution in [0.2, 0.25) is 0 Å². The van der Waals surface area contributed by atoms with Crippen LogP contribution >= 0.6 is 0 Å². The first kappa shape index (κ1) is 13.9. The van der Waals surface area contributed by atoms with E-state index in [9.17, 15) is 18.0 Å². The molecule has 0 aromatic heterocycles. The van der Waals surface area contributed by atoms with E-state index >= 15 is 0 Å². The van der Waals surface area contributed by atoms with Crippen molar-refractivity contribution >= 4 is 5.78 Å². The smallest absolute Gasteiger partial charge is 0.176 e. The maximum Gasteiger partial charge on any atom is 0.176 e. The van der Waals surface area contributed by atoms with E-state index in [1.165, 1.54) is 0 Å². The molecule has 0 N–H and O–H groups in total. The summed E-state index contributed by atoms with van der Waals surface area (Å²) in [6.07, 6.45) is 2.19. The zero-order valence-corrected chi connectivity index (χ0v) is 11.2. The van der Waals surface area contributed by atoms with Gasteiger partial charge < -0.3 is 0 Å². The van der Waals surface area contributed by atoms with Crippen molar-refractivity contribution in [2.75, 3.05) is 0 Å². The monoisotopic (exact) mass is 290 g/mol. The minimum Gasteiger partial charge on any atom is -0.293 e. The van der Waals surface area contributed by atoms with E-state index in [0.717, 1.165) is 24.0 Å². The second kappa shape index (κ2) is 5.35. The van der Waals surface area contributed by atoms with Crippen molar-refractivity contribution in [3.05, 3.63) is 70.5 Å². The number of carbonyl (C=O) groups excluding carboxylic acids is 1. The third-order valence-electron chi connectivity index (χ3n) is 3.94. The summed E-state index contributed by atoms with van der Waals surface area (Å²) >= 11 is 0. The largest absolute Gasteiger partial charge is 0.293 e. The molecule has 4 heteroatoms. The third-order valence-corrected chi connectivity index (χ3v) is 3.94. The van der Waals surface area contributed by atoms with Gasteiger partial charge in [0.25, 0.3) is 0 Å². The molecule has 0 aliphatic heterocycles. The fraction of sp³-hybridized carbons (Fsp3) is 0.235. The van der Waals surface area contributed by atoms with Gasteiger partial charge in [0.15, 0.2) is 5.78 Å². The summed E-state index contributed by atoms with van der Waals surface area (Å²) in [5.74, 6) is -4.48. The van der Waals surface area contributed by atoms with Crippen molar-refractivity contribution in [3.63, 3.8) is 0 Å². The van der Waals surface area contributed by atoms with Gasteiger partial charge in [0.2, 0.25) is 0 Å². The van der Waals surface area contributed by atoms with E-state index < -0.39 is 34.7 Å².